The van der Waals surface area contributed by atoms with Crippen LogP contribution in [0.2, 0.25) is 0 Å². The first-order valence-electron chi connectivity index (χ1n) is 11.0. The summed E-state index contributed by atoms with van der Waals surface area (Å²) in [5.74, 6) is 2.22. The van der Waals surface area contributed by atoms with Crippen LogP contribution in [-0.4, -0.2) is 31.0 Å². The van der Waals surface area contributed by atoms with Crippen molar-refractivity contribution in [3.05, 3.63) is 84.4 Å². The van der Waals surface area contributed by atoms with Gasteiger partial charge < -0.3 is 20.0 Å². The molecule has 33 heavy (non-hydrogen) atoms. The van der Waals surface area contributed by atoms with Gasteiger partial charge in [-0.05, 0) is 54.7 Å². The zero-order chi connectivity index (χ0) is 22.5. The molecule has 5 rings (SSSR count). The molecule has 0 amide bonds. The summed E-state index contributed by atoms with van der Waals surface area (Å²) in [4.78, 5) is 18.0. The molecule has 8 nitrogen and oxygen atoms in total. The second kappa shape index (κ2) is 9.52. The topological polar surface area (TPSA) is 108 Å². The van der Waals surface area contributed by atoms with E-state index in [4.69, 9.17) is 20.1 Å². The zero-order valence-corrected chi connectivity index (χ0v) is 18.2. The Kier molecular flexibility index (Phi) is 5.97. The predicted octanol–water partition coefficient (Wildman–Crippen LogP) is 4.35. The van der Waals surface area contributed by atoms with Crippen molar-refractivity contribution in [3.63, 3.8) is 0 Å². The van der Waals surface area contributed by atoms with Crippen LogP contribution in [0, 0.1) is 0 Å². The highest BCUT2D eigenvalue weighted by atomic mass is 16.3. The van der Waals surface area contributed by atoms with E-state index in [1.54, 1.807) is 6.26 Å². The van der Waals surface area contributed by atoms with Gasteiger partial charge in [-0.25, -0.2) is 4.98 Å². The molecule has 8 heteroatoms. The van der Waals surface area contributed by atoms with E-state index in [0.717, 1.165) is 25.8 Å². The number of nitrogens with two attached hydrogens (primary N) is 1. The fraction of sp³-hybridized carbons (Fsp3) is 0.200. The monoisotopic (exact) mass is 439 g/mol. The lowest BCUT2D eigenvalue weighted by Crippen LogP contribution is -2.10. The number of rotatable bonds is 9. The molecular weight excluding hydrogens is 414 g/mol. The van der Waals surface area contributed by atoms with Gasteiger partial charge in [-0.2, -0.15) is 9.97 Å². The van der Waals surface area contributed by atoms with Crippen LogP contribution in [0.3, 0.4) is 0 Å². The molecule has 0 unspecified atom stereocenters. The third-order valence-corrected chi connectivity index (χ3v) is 5.50. The fourth-order valence-electron chi connectivity index (χ4n) is 3.86. The van der Waals surface area contributed by atoms with Gasteiger partial charge in [0.2, 0.25) is 5.95 Å². The van der Waals surface area contributed by atoms with Gasteiger partial charge in [-0.3, -0.25) is 4.98 Å². The minimum atomic E-state index is 0.350. The van der Waals surface area contributed by atoms with Crippen LogP contribution in [0.5, 0.6) is 0 Å². The molecule has 4 aromatic heterocycles. The molecule has 0 aliphatic carbocycles. The molecule has 0 saturated heterocycles. The first kappa shape index (κ1) is 20.7. The largest absolute Gasteiger partial charge is 0.461 e. The van der Waals surface area contributed by atoms with Crippen LogP contribution < -0.4 is 11.1 Å². The lowest BCUT2D eigenvalue weighted by atomic mass is 10.1. The number of furan rings is 1. The van der Waals surface area contributed by atoms with E-state index < -0.39 is 0 Å². The van der Waals surface area contributed by atoms with Crippen molar-refractivity contribution in [1.82, 2.24) is 24.5 Å². The highest BCUT2D eigenvalue weighted by molar-refractivity contribution is 5.86. The number of hydrogen-bond acceptors (Lipinski definition) is 7. The van der Waals surface area contributed by atoms with Gasteiger partial charge in [0.15, 0.2) is 28.6 Å². The Morgan fingerprint density at radius 3 is 2.48 bits per heavy atom. The molecule has 0 aliphatic rings. The number of nitrogen functional groups attached to an aromatic ring is 1. The van der Waals surface area contributed by atoms with E-state index in [1.165, 1.54) is 11.1 Å². The molecule has 166 valence electrons. The van der Waals surface area contributed by atoms with Gasteiger partial charge in [0, 0.05) is 25.5 Å². The van der Waals surface area contributed by atoms with Crippen LogP contribution in [0.15, 0.2) is 77.7 Å². The highest BCUT2D eigenvalue weighted by Crippen LogP contribution is 2.28. The van der Waals surface area contributed by atoms with Crippen LogP contribution in [-0.2, 0) is 19.4 Å². The second-order valence-electron chi connectivity index (χ2n) is 7.79. The van der Waals surface area contributed by atoms with Gasteiger partial charge in [-0.15, -0.1) is 0 Å². The SMILES string of the molecule is Nc1nc(NCCc2ccccc2)nc2c1nc(-c1ccco1)n2CCCc1ccncc1. The summed E-state index contributed by atoms with van der Waals surface area (Å²) < 4.78 is 7.71. The van der Waals surface area contributed by atoms with Crippen LogP contribution in [0.25, 0.3) is 22.7 Å². The average molecular weight is 440 g/mol. The van der Waals surface area contributed by atoms with Crippen molar-refractivity contribution in [3.8, 4) is 11.6 Å². The smallest absolute Gasteiger partial charge is 0.226 e. The number of imidazole rings is 1. The third-order valence-electron chi connectivity index (χ3n) is 5.50. The van der Waals surface area contributed by atoms with E-state index in [1.807, 2.05) is 54.9 Å². The Bertz CT molecular complexity index is 1320. The van der Waals surface area contributed by atoms with Crippen molar-refractivity contribution in [2.24, 2.45) is 0 Å². The third kappa shape index (κ3) is 4.69. The zero-order valence-electron chi connectivity index (χ0n) is 18.2. The molecule has 1 aromatic carbocycles. The Morgan fingerprint density at radius 1 is 0.879 bits per heavy atom. The quantitative estimate of drug-likeness (QED) is 0.351. The van der Waals surface area contributed by atoms with Crippen molar-refractivity contribution < 1.29 is 4.42 Å². The van der Waals surface area contributed by atoms with E-state index >= 15 is 0 Å². The maximum Gasteiger partial charge on any atom is 0.226 e. The average Bonchev–Trinajstić information content (AvgIpc) is 3.49. The summed E-state index contributed by atoms with van der Waals surface area (Å²) in [6, 6.07) is 18.1. The lowest BCUT2D eigenvalue weighted by molar-refractivity contribution is 0.565. The minimum Gasteiger partial charge on any atom is -0.461 e. The van der Waals surface area contributed by atoms with E-state index in [-0.39, 0.29) is 0 Å². The van der Waals surface area contributed by atoms with E-state index in [0.29, 0.717) is 41.1 Å². The van der Waals surface area contributed by atoms with Crippen molar-refractivity contribution in [1.29, 1.82) is 0 Å². The predicted molar refractivity (Wildman–Crippen MR) is 129 cm³/mol. The van der Waals surface area contributed by atoms with Gasteiger partial charge in [0.1, 0.15) is 0 Å². The van der Waals surface area contributed by atoms with Gasteiger partial charge in [-0.1, -0.05) is 30.3 Å². The molecule has 3 N–H and O–H groups in total. The molecule has 0 aliphatic heterocycles. The number of anilines is 2. The van der Waals surface area contributed by atoms with E-state index in [9.17, 15) is 0 Å². The Hall–Kier alpha value is -4.20. The maximum absolute atomic E-state index is 6.29. The number of hydrogen-bond donors (Lipinski definition) is 2. The Balaban J connectivity index is 1.41. The molecule has 0 bridgehead atoms. The summed E-state index contributed by atoms with van der Waals surface area (Å²) in [6.45, 7) is 1.42. The highest BCUT2D eigenvalue weighted by Gasteiger charge is 2.19. The molecule has 4 heterocycles. The van der Waals surface area contributed by atoms with Crippen LogP contribution >= 0.6 is 0 Å². The van der Waals surface area contributed by atoms with Crippen molar-refractivity contribution in [2.45, 2.75) is 25.8 Å². The molecule has 0 saturated carbocycles. The molecule has 0 radical (unpaired) electrons. The maximum atomic E-state index is 6.29. The first-order valence-corrected chi connectivity index (χ1v) is 11.0. The summed E-state index contributed by atoms with van der Waals surface area (Å²) >= 11 is 0. The van der Waals surface area contributed by atoms with Gasteiger partial charge in [0.25, 0.3) is 0 Å². The normalized spacial score (nSPS) is 11.2. The Morgan fingerprint density at radius 2 is 1.70 bits per heavy atom. The number of aryl methyl sites for hydroxylation is 2. The molecule has 5 aromatic rings. The van der Waals surface area contributed by atoms with Gasteiger partial charge >= 0.3 is 0 Å². The Labute approximate surface area is 191 Å². The van der Waals surface area contributed by atoms with Crippen molar-refractivity contribution in [2.75, 3.05) is 17.6 Å². The number of nitrogens with zero attached hydrogens (tertiary/aromatic N) is 5. The first-order chi connectivity index (χ1) is 16.3. The molecule has 0 fully saturated rings. The lowest BCUT2D eigenvalue weighted by Gasteiger charge is -2.09. The molecule has 0 atom stereocenters. The molecular formula is C25H25N7O. The summed E-state index contributed by atoms with van der Waals surface area (Å²) in [7, 11) is 0. The van der Waals surface area contributed by atoms with Gasteiger partial charge in [0.05, 0.1) is 6.26 Å². The summed E-state index contributed by atoms with van der Waals surface area (Å²) in [6.07, 6.45) is 7.97. The number of fused-ring (bicyclic) bond motifs is 1. The number of aromatic nitrogens is 5. The standard InChI is InChI=1S/C25H25N7O/c26-22-21-24(31-25(30-22)28-15-12-18-6-2-1-3-7-18)32(23(29-21)20-9-5-17-33-20)16-4-8-19-10-13-27-14-11-19/h1-3,5-7,9-11,13-14,17H,4,8,12,15-16H2,(H3,26,28,30,31). The molecule has 0 spiro atoms. The van der Waals surface area contributed by atoms with Crippen molar-refractivity contribution >= 4 is 22.9 Å². The minimum absolute atomic E-state index is 0.350. The van der Waals surface area contributed by atoms with E-state index in [2.05, 4.69) is 32.0 Å². The summed E-state index contributed by atoms with van der Waals surface area (Å²) in [5.41, 5.74) is 10.1. The van der Waals surface area contributed by atoms with Crippen LogP contribution in [0.4, 0.5) is 11.8 Å². The van der Waals surface area contributed by atoms with Crippen LogP contribution in [0.1, 0.15) is 17.5 Å². The number of nitrogens with one attached hydrogen (secondary N) is 1. The number of pyridine rings is 1. The second-order valence-corrected chi connectivity index (χ2v) is 7.79. The fourth-order valence-corrected chi connectivity index (χ4v) is 3.86. The number of benzene rings is 1. The summed E-state index contributed by atoms with van der Waals surface area (Å²) in [5, 5.41) is 3.31.